The molecule has 1 aromatic heterocycles. The van der Waals surface area contributed by atoms with E-state index in [9.17, 15) is 4.79 Å². The molecule has 0 aliphatic carbocycles. The number of anilines is 1. The number of para-hydroxylation sites is 1. The molecule has 1 aliphatic rings. The van der Waals surface area contributed by atoms with Gasteiger partial charge in [0, 0.05) is 45.0 Å². The molecule has 0 radical (unpaired) electrons. The molecular formula is C17H20ClN3O. The van der Waals surface area contributed by atoms with Crippen molar-refractivity contribution in [3.05, 3.63) is 47.7 Å². The SMILES string of the molecule is CCC(=O)N1CCN(c2c(Cl)cccc2-n2cccc2)CC1. The smallest absolute Gasteiger partial charge is 0.222 e. The molecule has 0 N–H and O–H groups in total. The fourth-order valence-electron chi connectivity index (χ4n) is 2.92. The summed E-state index contributed by atoms with van der Waals surface area (Å²) in [6, 6.07) is 9.97. The van der Waals surface area contributed by atoms with E-state index in [1.54, 1.807) is 0 Å². The average Bonchev–Trinajstić information content (AvgIpc) is 3.08. The lowest BCUT2D eigenvalue weighted by Gasteiger charge is -2.37. The first kappa shape index (κ1) is 15.0. The van der Waals surface area contributed by atoms with Crippen molar-refractivity contribution in [1.29, 1.82) is 0 Å². The topological polar surface area (TPSA) is 28.5 Å². The number of carbonyl (C=O) groups is 1. The third kappa shape index (κ3) is 2.83. The van der Waals surface area contributed by atoms with Crippen LogP contribution in [-0.4, -0.2) is 41.6 Å². The van der Waals surface area contributed by atoms with Gasteiger partial charge in [-0.15, -0.1) is 0 Å². The van der Waals surface area contributed by atoms with Gasteiger partial charge >= 0.3 is 0 Å². The molecule has 4 nitrogen and oxygen atoms in total. The summed E-state index contributed by atoms with van der Waals surface area (Å²) in [5, 5.41) is 0.751. The molecule has 1 saturated heterocycles. The molecule has 3 rings (SSSR count). The first-order valence-corrected chi connectivity index (χ1v) is 8.03. The number of amides is 1. The highest BCUT2D eigenvalue weighted by Crippen LogP contribution is 2.33. The van der Waals surface area contributed by atoms with Gasteiger partial charge in [-0.25, -0.2) is 0 Å². The number of hydrogen-bond acceptors (Lipinski definition) is 2. The molecule has 1 amide bonds. The third-order valence-electron chi connectivity index (χ3n) is 4.10. The second-order valence-electron chi connectivity index (χ2n) is 5.42. The van der Waals surface area contributed by atoms with Crippen LogP contribution in [0.5, 0.6) is 0 Å². The van der Waals surface area contributed by atoms with Gasteiger partial charge in [0.2, 0.25) is 5.91 Å². The summed E-state index contributed by atoms with van der Waals surface area (Å²) in [6.07, 6.45) is 4.61. The van der Waals surface area contributed by atoms with Crippen LogP contribution < -0.4 is 4.90 Å². The molecule has 0 unspecified atom stereocenters. The van der Waals surface area contributed by atoms with Crippen molar-refractivity contribution in [3.63, 3.8) is 0 Å². The number of hydrogen-bond donors (Lipinski definition) is 0. The van der Waals surface area contributed by atoms with Crippen molar-refractivity contribution < 1.29 is 4.79 Å². The molecule has 2 heterocycles. The van der Waals surface area contributed by atoms with Gasteiger partial charge in [0.15, 0.2) is 0 Å². The van der Waals surface area contributed by atoms with Gasteiger partial charge in [-0.2, -0.15) is 0 Å². The fraction of sp³-hybridized carbons (Fsp3) is 0.353. The highest BCUT2D eigenvalue weighted by Gasteiger charge is 2.23. The minimum atomic E-state index is 0.226. The first-order valence-electron chi connectivity index (χ1n) is 7.65. The Bertz CT molecular complexity index is 646. The second kappa shape index (κ2) is 6.44. The van der Waals surface area contributed by atoms with Crippen LogP contribution in [0.25, 0.3) is 5.69 Å². The van der Waals surface area contributed by atoms with Gasteiger partial charge in [0.05, 0.1) is 16.4 Å². The van der Waals surface area contributed by atoms with Crippen molar-refractivity contribution in [2.75, 3.05) is 31.1 Å². The minimum Gasteiger partial charge on any atom is -0.365 e. The van der Waals surface area contributed by atoms with Crippen LogP contribution in [-0.2, 0) is 4.79 Å². The number of benzene rings is 1. The highest BCUT2D eigenvalue weighted by atomic mass is 35.5. The van der Waals surface area contributed by atoms with E-state index in [-0.39, 0.29) is 5.91 Å². The summed E-state index contributed by atoms with van der Waals surface area (Å²) < 4.78 is 2.07. The van der Waals surface area contributed by atoms with Crippen LogP contribution in [0.15, 0.2) is 42.7 Å². The Kier molecular flexibility index (Phi) is 4.39. The molecule has 1 fully saturated rings. The first-order chi connectivity index (χ1) is 10.7. The molecule has 2 aromatic rings. The zero-order chi connectivity index (χ0) is 15.5. The van der Waals surface area contributed by atoms with Crippen molar-refractivity contribution >= 4 is 23.2 Å². The van der Waals surface area contributed by atoms with E-state index < -0.39 is 0 Å². The van der Waals surface area contributed by atoms with Crippen LogP contribution in [0.2, 0.25) is 5.02 Å². The lowest BCUT2D eigenvalue weighted by Crippen LogP contribution is -2.48. The van der Waals surface area contributed by atoms with Crippen molar-refractivity contribution in [1.82, 2.24) is 9.47 Å². The molecule has 0 spiro atoms. The summed E-state index contributed by atoms with van der Waals surface area (Å²) in [6.45, 7) is 5.03. The Morgan fingerprint density at radius 1 is 1.09 bits per heavy atom. The quantitative estimate of drug-likeness (QED) is 0.870. The molecule has 0 bridgehead atoms. The lowest BCUT2D eigenvalue weighted by atomic mass is 10.2. The van der Waals surface area contributed by atoms with Crippen molar-refractivity contribution in [2.45, 2.75) is 13.3 Å². The zero-order valence-electron chi connectivity index (χ0n) is 12.7. The predicted octanol–water partition coefficient (Wildman–Crippen LogP) is 3.19. The molecule has 22 heavy (non-hydrogen) atoms. The van der Waals surface area contributed by atoms with E-state index in [0.717, 1.165) is 42.6 Å². The van der Waals surface area contributed by atoms with Crippen LogP contribution in [0.3, 0.4) is 0 Å². The Balaban J connectivity index is 1.86. The second-order valence-corrected chi connectivity index (χ2v) is 5.83. The predicted molar refractivity (Wildman–Crippen MR) is 89.9 cm³/mol. The van der Waals surface area contributed by atoms with Gasteiger partial charge in [-0.3, -0.25) is 4.79 Å². The Morgan fingerprint density at radius 3 is 2.41 bits per heavy atom. The van der Waals surface area contributed by atoms with Crippen molar-refractivity contribution in [3.8, 4) is 5.69 Å². The largest absolute Gasteiger partial charge is 0.365 e. The van der Waals surface area contributed by atoms with E-state index in [4.69, 9.17) is 11.6 Å². The summed E-state index contributed by atoms with van der Waals surface area (Å²) in [7, 11) is 0. The van der Waals surface area contributed by atoms with Gasteiger partial charge < -0.3 is 14.4 Å². The summed E-state index contributed by atoms with van der Waals surface area (Å²) in [4.78, 5) is 16.0. The third-order valence-corrected chi connectivity index (χ3v) is 4.40. The molecule has 1 aromatic carbocycles. The molecule has 116 valence electrons. The van der Waals surface area contributed by atoms with Crippen LogP contribution in [0.1, 0.15) is 13.3 Å². The van der Waals surface area contributed by atoms with E-state index in [1.807, 2.05) is 48.5 Å². The summed E-state index contributed by atoms with van der Waals surface area (Å²) in [5.74, 6) is 0.226. The van der Waals surface area contributed by atoms with Crippen LogP contribution in [0.4, 0.5) is 5.69 Å². The highest BCUT2D eigenvalue weighted by molar-refractivity contribution is 6.33. The average molecular weight is 318 g/mol. The normalized spacial score (nSPS) is 15.2. The standard InChI is InChI=1S/C17H20ClN3O/c1-2-16(22)20-10-12-21(13-11-20)17-14(18)6-5-7-15(17)19-8-3-4-9-19/h3-9H,2,10-13H2,1H3. The van der Waals surface area contributed by atoms with Crippen molar-refractivity contribution in [2.24, 2.45) is 0 Å². The summed E-state index contributed by atoms with van der Waals surface area (Å²) >= 11 is 6.47. The van der Waals surface area contributed by atoms with Crippen LogP contribution in [0, 0.1) is 0 Å². The number of halogens is 1. The van der Waals surface area contributed by atoms with Crippen LogP contribution >= 0.6 is 11.6 Å². The van der Waals surface area contributed by atoms with Gasteiger partial charge in [-0.05, 0) is 24.3 Å². The number of piperazine rings is 1. The van der Waals surface area contributed by atoms with E-state index in [0.29, 0.717) is 6.42 Å². The fourth-order valence-corrected chi connectivity index (χ4v) is 3.21. The minimum absolute atomic E-state index is 0.226. The molecule has 1 aliphatic heterocycles. The van der Waals surface area contributed by atoms with E-state index in [2.05, 4.69) is 15.5 Å². The molecular weight excluding hydrogens is 298 g/mol. The maximum atomic E-state index is 11.8. The molecule has 5 heteroatoms. The molecule has 0 atom stereocenters. The van der Waals surface area contributed by atoms with Gasteiger partial charge in [0.25, 0.3) is 0 Å². The Hall–Kier alpha value is -1.94. The molecule has 0 saturated carbocycles. The maximum Gasteiger partial charge on any atom is 0.222 e. The Labute approximate surface area is 135 Å². The number of aromatic nitrogens is 1. The lowest BCUT2D eigenvalue weighted by molar-refractivity contribution is -0.131. The summed E-state index contributed by atoms with van der Waals surface area (Å²) in [5.41, 5.74) is 2.12. The number of carbonyl (C=O) groups excluding carboxylic acids is 1. The van der Waals surface area contributed by atoms with Gasteiger partial charge in [0.1, 0.15) is 0 Å². The van der Waals surface area contributed by atoms with E-state index >= 15 is 0 Å². The Morgan fingerprint density at radius 2 is 1.77 bits per heavy atom. The monoisotopic (exact) mass is 317 g/mol. The number of nitrogens with zero attached hydrogens (tertiary/aromatic N) is 3. The zero-order valence-corrected chi connectivity index (χ0v) is 13.5. The maximum absolute atomic E-state index is 11.8. The van der Waals surface area contributed by atoms with E-state index in [1.165, 1.54) is 0 Å². The van der Waals surface area contributed by atoms with Gasteiger partial charge in [-0.1, -0.05) is 24.6 Å². The number of rotatable bonds is 3.